The summed E-state index contributed by atoms with van der Waals surface area (Å²) in [4.78, 5) is 0. The second-order valence-electron chi connectivity index (χ2n) is 3.26. The van der Waals surface area contributed by atoms with Crippen LogP contribution in [0.25, 0.3) is 0 Å². The highest BCUT2D eigenvalue weighted by atomic mass is 14.9. The Hall–Kier alpha value is -0.820. The Morgan fingerprint density at radius 1 is 1.50 bits per heavy atom. The van der Waals surface area contributed by atoms with Crippen LogP contribution in [0.3, 0.4) is 0 Å². The van der Waals surface area contributed by atoms with Gasteiger partial charge in [0.25, 0.3) is 0 Å². The Bertz CT molecular complexity index is 223. The smallest absolute Gasteiger partial charge is 0.0463 e. The van der Waals surface area contributed by atoms with E-state index in [1.807, 2.05) is 13.1 Å². The summed E-state index contributed by atoms with van der Waals surface area (Å²) in [5.74, 6) is 0. The predicted molar refractivity (Wildman–Crippen MR) is 54.1 cm³/mol. The highest BCUT2D eigenvalue weighted by molar-refractivity contribution is 5.28. The van der Waals surface area contributed by atoms with Crippen molar-refractivity contribution in [1.29, 1.82) is 0 Å². The van der Waals surface area contributed by atoms with Crippen molar-refractivity contribution in [2.45, 2.75) is 25.8 Å². The Morgan fingerprint density at radius 3 is 2.67 bits per heavy atom. The lowest BCUT2D eigenvalue weighted by atomic mass is 9.94. The number of nitrogens with one attached hydrogen (secondary N) is 1. The van der Waals surface area contributed by atoms with Gasteiger partial charge < -0.3 is 5.32 Å². The van der Waals surface area contributed by atoms with Crippen LogP contribution in [0.2, 0.25) is 0 Å². The van der Waals surface area contributed by atoms with Crippen LogP contribution in [0.1, 0.15) is 19.8 Å². The highest BCUT2D eigenvalue weighted by Crippen LogP contribution is 2.20. The van der Waals surface area contributed by atoms with Crippen molar-refractivity contribution in [3.63, 3.8) is 0 Å². The first kappa shape index (κ1) is 9.27. The van der Waals surface area contributed by atoms with E-state index in [-0.39, 0.29) is 0 Å². The van der Waals surface area contributed by atoms with E-state index in [0.717, 1.165) is 0 Å². The number of hydrogen-bond donors (Lipinski definition) is 1. The molecular formula is C11H17N. The van der Waals surface area contributed by atoms with Gasteiger partial charge in [0, 0.05) is 6.04 Å². The molecule has 1 unspecified atom stereocenters. The minimum absolute atomic E-state index is 0.356. The summed E-state index contributed by atoms with van der Waals surface area (Å²) in [7, 11) is 1.97. The van der Waals surface area contributed by atoms with E-state index in [1.165, 1.54) is 24.0 Å². The van der Waals surface area contributed by atoms with E-state index in [4.69, 9.17) is 0 Å². The van der Waals surface area contributed by atoms with Gasteiger partial charge >= 0.3 is 0 Å². The van der Waals surface area contributed by atoms with E-state index in [9.17, 15) is 0 Å². The summed E-state index contributed by atoms with van der Waals surface area (Å²) in [5.41, 5.74) is 2.91. The predicted octanol–water partition coefficient (Wildman–Crippen LogP) is 2.43. The molecule has 1 N–H and O–H groups in total. The molecule has 1 aliphatic rings. The Balaban J connectivity index is 2.69. The summed E-state index contributed by atoms with van der Waals surface area (Å²) < 4.78 is 0. The minimum Gasteiger partial charge on any atom is -0.310 e. The van der Waals surface area contributed by atoms with Crippen molar-refractivity contribution < 1.29 is 0 Å². The quantitative estimate of drug-likeness (QED) is 0.630. The molecule has 0 radical (unpaired) electrons. The van der Waals surface area contributed by atoms with E-state index in [0.29, 0.717) is 6.04 Å². The van der Waals surface area contributed by atoms with Crippen molar-refractivity contribution in [2.24, 2.45) is 0 Å². The van der Waals surface area contributed by atoms with Crippen molar-refractivity contribution in [2.75, 3.05) is 7.05 Å². The third-order valence-corrected chi connectivity index (χ3v) is 2.34. The van der Waals surface area contributed by atoms with E-state index >= 15 is 0 Å². The summed E-state index contributed by atoms with van der Waals surface area (Å²) in [5, 5.41) is 3.22. The van der Waals surface area contributed by atoms with Crippen molar-refractivity contribution in [1.82, 2.24) is 5.32 Å². The molecule has 1 atom stereocenters. The summed E-state index contributed by atoms with van der Waals surface area (Å²) in [6, 6.07) is 0.356. The van der Waals surface area contributed by atoms with Gasteiger partial charge in [-0.15, -0.1) is 6.58 Å². The fourth-order valence-corrected chi connectivity index (χ4v) is 1.47. The molecule has 0 fully saturated rings. The molecule has 1 nitrogen and oxygen atoms in total. The summed E-state index contributed by atoms with van der Waals surface area (Å²) in [6.45, 7) is 5.98. The van der Waals surface area contributed by atoms with E-state index < -0.39 is 0 Å². The first-order chi connectivity index (χ1) is 5.77. The number of rotatable bonds is 3. The number of likely N-dealkylation sites (N-methyl/N-ethyl adjacent to an activating group) is 1. The summed E-state index contributed by atoms with van der Waals surface area (Å²) in [6.07, 6.45) is 8.73. The molecule has 0 aliphatic heterocycles. The van der Waals surface area contributed by atoms with Gasteiger partial charge in [-0.25, -0.2) is 0 Å². The van der Waals surface area contributed by atoms with Gasteiger partial charge in [-0.3, -0.25) is 0 Å². The van der Waals surface area contributed by atoms with Crippen LogP contribution in [-0.4, -0.2) is 13.1 Å². The zero-order chi connectivity index (χ0) is 8.97. The Morgan fingerprint density at radius 2 is 2.25 bits per heavy atom. The largest absolute Gasteiger partial charge is 0.310 e. The highest BCUT2D eigenvalue weighted by Gasteiger charge is 2.09. The zero-order valence-electron chi connectivity index (χ0n) is 7.93. The molecule has 0 saturated carbocycles. The molecule has 0 amide bonds. The van der Waals surface area contributed by atoms with Crippen molar-refractivity contribution in [3.8, 4) is 0 Å². The molecular weight excluding hydrogens is 146 g/mol. The van der Waals surface area contributed by atoms with Crippen molar-refractivity contribution in [3.05, 3.63) is 36.0 Å². The monoisotopic (exact) mass is 163 g/mol. The molecule has 1 aliphatic carbocycles. The lowest BCUT2D eigenvalue weighted by Crippen LogP contribution is -2.25. The fourth-order valence-electron chi connectivity index (χ4n) is 1.47. The molecule has 0 aromatic heterocycles. The van der Waals surface area contributed by atoms with Crippen LogP contribution in [0.15, 0.2) is 36.0 Å². The summed E-state index contributed by atoms with van der Waals surface area (Å²) >= 11 is 0. The maximum atomic E-state index is 3.80. The second-order valence-corrected chi connectivity index (χ2v) is 3.26. The average Bonchev–Trinajstić information content (AvgIpc) is 2.10. The van der Waals surface area contributed by atoms with Gasteiger partial charge in [-0.1, -0.05) is 23.8 Å². The molecule has 0 aromatic carbocycles. The molecule has 1 heteroatoms. The molecule has 0 heterocycles. The molecule has 12 heavy (non-hydrogen) atoms. The molecule has 66 valence electrons. The topological polar surface area (TPSA) is 12.0 Å². The van der Waals surface area contributed by atoms with Gasteiger partial charge in [0.2, 0.25) is 0 Å². The first-order valence-electron chi connectivity index (χ1n) is 4.44. The van der Waals surface area contributed by atoms with Gasteiger partial charge in [0.05, 0.1) is 0 Å². The SMILES string of the molecule is C=CC(NC)C1=CC=C(C)CC1. The zero-order valence-corrected chi connectivity index (χ0v) is 7.93. The van der Waals surface area contributed by atoms with Crippen LogP contribution in [-0.2, 0) is 0 Å². The van der Waals surface area contributed by atoms with Crippen LogP contribution in [0.5, 0.6) is 0 Å². The first-order valence-corrected chi connectivity index (χ1v) is 4.44. The lowest BCUT2D eigenvalue weighted by Gasteiger charge is -2.18. The Kier molecular flexibility index (Phi) is 3.30. The van der Waals surface area contributed by atoms with E-state index in [1.54, 1.807) is 0 Å². The molecule has 0 spiro atoms. The Labute approximate surface area is 74.9 Å². The van der Waals surface area contributed by atoms with Gasteiger partial charge in [0.1, 0.15) is 0 Å². The third-order valence-electron chi connectivity index (χ3n) is 2.34. The number of allylic oxidation sites excluding steroid dienone is 3. The molecule has 1 rings (SSSR count). The molecule has 0 saturated heterocycles. The van der Waals surface area contributed by atoms with E-state index in [2.05, 4.69) is 31.0 Å². The maximum Gasteiger partial charge on any atom is 0.0463 e. The normalized spacial score (nSPS) is 19.5. The standard InChI is InChI=1S/C11H17N/c1-4-11(12-3)10-7-5-9(2)6-8-10/h4-5,7,11-12H,1,6,8H2,2-3H3. The molecule has 0 bridgehead atoms. The van der Waals surface area contributed by atoms with Crippen LogP contribution >= 0.6 is 0 Å². The van der Waals surface area contributed by atoms with Crippen LogP contribution < -0.4 is 5.32 Å². The van der Waals surface area contributed by atoms with Gasteiger partial charge in [-0.05, 0) is 32.4 Å². The minimum atomic E-state index is 0.356. The van der Waals surface area contributed by atoms with Crippen LogP contribution in [0, 0.1) is 0 Å². The van der Waals surface area contributed by atoms with Gasteiger partial charge in [0.15, 0.2) is 0 Å². The molecule has 0 aromatic rings. The third kappa shape index (κ3) is 2.08. The lowest BCUT2D eigenvalue weighted by molar-refractivity contribution is 0.704. The fraction of sp³-hybridized carbons (Fsp3) is 0.455. The van der Waals surface area contributed by atoms with Crippen molar-refractivity contribution >= 4 is 0 Å². The van der Waals surface area contributed by atoms with Crippen LogP contribution in [0.4, 0.5) is 0 Å². The number of hydrogen-bond acceptors (Lipinski definition) is 1. The second kappa shape index (κ2) is 4.27. The van der Waals surface area contributed by atoms with Gasteiger partial charge in [-0.2, -0.15) is 0 Å². The average molecular weight is 163 g/mol. The maximum absolute atomic E-state index is 3.80.